The molecule has 0 saturated carbocycles. The number of phenolic OH excluding ortho intramolecular Hbond substituents is 1. The quantitative estimate of drug-likeness (QED) is 0.0155. The molecule has 664 valence electrons. The smallest absolute Gasteiger partial charge is 0.409 e. The number of esters is 1. The maximum absolute atomic E-state index is 15.0. The van der Waals surface area contributed by atoms with E-state index in [1.165, 1.54) is 59.2 Å². The zero-order chi connectivity index (χ0) is 88.9. The number of unbranched alkanes of at least 4 members (excludes halogenated alkanes) is 1. The largest absolute Gasteiger partial charge is 0.508 e. The fourth-order valence-electron chi connectivity index (χ4n) is 14.4. The van der Waals surface area contributed by atoms with Crippen molar-refractivity contribution in [3.05, 3.63) is 148 Å². The normalized spacial score (nSPS) is 27.1. The molecule has 39 heteroatoms. The molecule has 0 radical (unpaired) electrons. The van der Waals surface area contributed by atoms with Gasteiger partial charge in [-0.05, 0) is 132 Å². The first-order valence-electron chi connectivity index (χ1n) is 39.9. The summed E-state index contributed by atoms with van der Waals surface area (Å²) in [5.74, 6) is -9.61. The molecule has 1 unspecified atom stereocenters. The number of fused-ring (bicyclic) bond motifs is 6. The number of aliphatic hydroxyl groups excluding tert-OH is 2. The van der Waals surface area contributed by atoms with E-state index in [1.807, 2.05) is 31.2 Å². The number of nitrogens with two attached hydrogens (primary N) is 3. The van der Waals surface area contributed by atoms with Crippen LogP contribution in [0, 0.1) is 5.92 Å². The first kappa shape index (κ1) is 96.7. The van der Waals surface area contributed by atoms with Crippen LogP contribution >= 0.6 is 54.8 Å². The Balaban J connectivity index is 0.910. The molecule has 9 rings (SSSR count). The number of likely N-dealkylation sites (N-methyl/N-ethyl adjacent to an activating group) is 1. The number of anilines is 1. The minimum absolute atomic E-state index is 0.0435. The molecule has 4 aliphatic rings. The molecular weight excluding hydrogens is 1680 g/mol. The minimum Gasteiger partial charge on any atom is -0.508 e. The van der Waals surface area contributed by atoms with Gasteiger partial charge in [0.1, 0.15) is 82.9 Å². The van der Waals surface area contributed by atoms with Crippen LogP contribution in [0.5, 0.6) is 11.5 Å². The number of aliphatic hydroxyl groups is 3. The number of carbonyl (C=O) groups is 11. The molecule has 0 spiro atoms. The number of carbonyl (C=O) groups excluding carboxylic acids is 11. The second-order valence-corrected chi connectivity index (χ2v) is 36.6. The Bertz CT molecular complexity index is 4580. The highest BCUT2D eigenvalue weighted by molar-refractivity contribution is 8.77. The highest BCUT2D eigenvalue weighted by Gasteiger charge is 2.65. The van der Waals surface area contributed by atoms with E-state index >= 15 is 9.59 Å². The fraction of sp³-hybridized carbons (Fsp3) is 0.506. The number of epoxide rings is 1. The molecule has 3 saturated heterocycles. The number of rotatable bonds is 27. The standard InChI is InChI=1S/C83H111ClN14O20S4/c1-44-18-17-24-65(115-9)83(113)39-64(116-81(112)96-83)45(2)71-82(5,118-71)66(38-68(102)98(7)62-35-50(32-44)36-63(114-8)69(62)84)117-80(111)46(3)97(6)67(101)29-31-119-120-41-59(72(87)103)92-78(109)61-43-122-121-42-60(93-73(104)54(86)33-48-19-11-10-12-20-48)77(108)90-57(34-49-25-27-52(100)28-26-49)75(106)91-58(37-51-40-88-55-22-14-13-21-53(51)55)76(107)89-56(23-15-16-30-85)74(105)95-70(47(4)99)79(110)94-61/h10-14,17-22,24-28,35-36,40,45-47,54,56-61,64-66,70-71,75,88,91,99-100,106,113H,15-16,23,29-34,37-39,41-43,85-86H2,1-9H3,(H2,87,103)(H,89,107)(H,90,108)(H,92,109)(H,93,104)(H,94,110)(H,95,105)(H,96,112)/b24-17+,44-18+/t45-,46+,47-,54-,56+,57+,58-,59+,60+,61+,64+,65-,66+,70+,71+,75?,82+,83+/m1/s1. The molecule has 3 fully saturated rings. The fourth-order valence-corrected chi connectivity index (χ4v) is 19.2. The van der Waals surface area contributed by atoms with Gasteiger partial charge in [-0.25, -0.2) is 9.59 Å². The molecule has 4 bridgehead atoms. The molecule has 122 heavy (non-hydrogen) atoms. The van der Waals surface area contributed by atoms with Gasteiger partial charge in [0.05, 0.1) is 49.6 Å². The van der Waals surface area contributed by atoms with Crippen molar-refractivity contribution in [2.45, 2.75) is 201 Å². The number of allylic oxidation sites excluding steroid dienone is 3. The molecule has 34 nitrogen and oxygen atoms in total. The number of phenols is 1. The number of amides is 10. The van der Waals surface area contributed by atoms with Gasteiger partial charge < -0.3 is 108 Å². The van der Waals surface area contributed by atoms with Gasteiger partial charge in [-0.15, -0.1) is 0 Å². The highest BCUT2D eigenvalue weighted by atomic mass is 35.5. The Morgan fingerprint density at radius 1 is 0.877 bits per heavy atom. The lowest BCUT2D eigenvalue weighted by Crippen LogP contribution is -2.63. The number of aromatic nitrogens is 1. The molecule has 4 aliphatic heterocycles. The number of hydrogen-bond donors (Lipinski definition) is 16. The summed E-state index contributed by atoms with van der Waals surface area (Å²) >= 11 is 6.89. The molecule has 1 aromatic heterocycles. The van der Waals surface area contributed by atoms with Crippen LogP contribution in [0.1, 0.15) is 95.4 Å². The number of primary amides is 1. The van der Waals surface area contributed by atoms with Crippen molar-refractivity contribution in [2.24, 2.45) is 23.1 Å². The molecular formula is C83H111ClN14O20S4. The third-order valence-corrected chi connectivity index (χ3v) is 27.1. The van der Waals surface area contributed by atoms with E-state index in [-0.39, 0.29) is 96.7 Å². The lowest BCUT2D eigenvalue weighted by atomic mass is 9.83. The van der Waals surface area contributed by atoms with Crippen molar-refractivity contribution in [2.75, 3.05) is 62.8 Å². The average Bonchev–Trinajstić information content (AvgIpc) is 1.57. The molecule has 19 N–H and O–H groups in total. The molecule has 5 aromatic rings. The van der Waals surface area contributed by atoms with Gasteiger partial charge in [0.2, 0.25) is 53.2 Å². The third-order valence-electron chi connectivity index (χ3n) is 21.9. The second kappa shape index (κ2) is 44.9. The van der Waals surface area contributed by atoms with Crippen molar-refractivity contribution >= 4 is 137 Å². The summed E-state index contributed by atoms with van der Waals surface area (Å²) in [7, 11) is 9.77. The van der Waals surface area contributed by atoms with Gasteiger partial charge >= 0.3 is 12.1 Å². The number of alkyl carbamates (subject to hydrolysis) is 1. The maximum atomic E-state index is 15.0. The number of nitrogens with one attached hydrogen (secondary N) is 9. The number of aromatic amines is 1. The van der Waals surface area contributed by atoms with E-state index < -0.39 is 180 Å². The average molecular weight is 1790 g/mol. The number of benzene rings is 4. The zero-order valence-electron chi connectivity index (χ0n) is 69.3. The number of hydrogen-bond acceptors (Lipinski definition) is 27. The Morgan fingerprint density at radius 3 is 2.28 bits per heavy atom. The monoisotopic (exact) mass is 1790 g/mol. The van der Waals surface area contributed by atoms with E-state index in [9.17, 15) is 63.6 Å². The van der Waals surface area contributed by atoms with Crippen molar-refractivity contribution in [3.8, 4) is 11.5 Å². The van der Waals surface area contributed by atoms with Crippen LogP contribution < -0.4 is 69.4 Å². The summed E-state index contributed by atoms with van der Waals surface area (Å²) in [4.78, 5) is 164. The molecule has 0 aliphatic carbocycles. The van der Waals surface area contributed by atoms with Gasteiger partial charge in [0.15, 0.2) is 5.72 Å². The summed E-state index contributed by atoms with van der Waals surface area (Å²) < 4.78 is 29.7. The summed E-state index contributed by atoms with van der Waals surface area (Å²) in [6.07, 6.45) is -1.75. The summed E-state index contributed by atoms with van der Waals surface area (Å²) in [6.45, 7) is 8.10. The van der Waals surface area contributed by atoms with Crippen LogP contribution in [0.3, 0.4) is 0 Å². The first-order chi connectivity index (χ1) is 58.0. The number of H-pyrrole nitrogens is 1. The minimum atomic E-state index is -1.95. The van der Waals surface area contributed by atoms with Crippen LogP contribution in [0.4, 0.5) is 10.5 Å². The van der Waals surface area contributed by atoms with E-state index in [0.29, 0.717) is 29.5 Å². The van der Waals surface area contributed by atoms with E-state index in [4.69, 9.17) is 52.5 Å². The van der Waals surface area contributed by atoms with Gasteiger partial charge in [-0.1, -0.05) is 146 Å². The van der Waals surface area contributed by atoms with Crippen molar-refractivity contribution in [1.29, 1.82) is 0 Å². The molecule has 5 heterocycles. The van der Waals surface area contributed by atoms with Crippen molar-refractivity contribution in [1.82, 2.24) is 52.4 Å². The van der Waals surface area contributed by atoms with E-state index in [1.54, 1.807) is 92.9 Å². The van der Waals surface area contributed by atoms with Crippen LogP contribution in [0.25, 0.3) is 10.9 Å². The number of halogens is 1. The van der Waals surface area contributed by atoms with E-state index in [0.717, 1.165) is 70.1 Å². The highest BCUT2D eigenvalue weighted by Crippen LogP contribution is 2.49. The van der Waals surface area contributed by atoms with Gasteiger partial charge in [0, 0.05) is 80.1 Å². The van der Waals surface area contributed by atoms with Crippen LogP contribution in [0.15, 0.2) is 121 Å². The predicted octanol–water partition coefficient (Wildman–Crippen LogP) is 3.10. The van der Waals surface area contributed by atoms with E-state index in [2.05, 4.69) is 47.5 Å². The number of nitrogens with zero attached hydrogens (tertiary/aromatic N) is 2. The Morgan fingerprint density at radius 2 is 1.58 bits per heavy atom. The number of methoxy groups -OCH3 is 2. The van der Waals surface area contributed by atoms with Gasteiger partial charge in [0.25, 0.3) is 0 Å². The van der Waals surface area contributed by atoms with Gasteiger partial charge in [-0.3, -0.25) is 53.8 Å². The van der Waals surface area contributed by atoms with Crippen LogP contribution in [0.2, 0.25) is 5.02 Å². The number of para-hydroxylation sites is 1. The lowest BCUT2D eigenvalue weighted by Gasteiger charge is -2.42. The van der Waals surface area contributed by atoms with Gasteiger partial charge in [-0.2, -0.15) is 0 Å². The summed E-state index contributed by atoms with van der Waals surface area (Å²) in [5, 5.41) is 68.6. The first-order valence-corrected chi connectivity index (χ1v) is 45.3. The Kier molecular flexibility index (Phi) is 35.6. The Labute approximate surface area is 728 Å². The lowest BCUT2D eigenvalue weighted by molar-refractivity contribution is -0.162. The maximum Gasteiger partial charge on any atom is 0.409 e. The van der Waals surface area contributed by atoms with Crippen molar-refractivity contribution in [3.63, 3.8) is 0 Å². The van der Waals surface area contributed by atoms with Crippen molar-refractivity contribution < 1.29 is 96.9 Å². The third kappa shape index (κ3) is 26.2. The SMILES string of the molecule is COc1cc2cc(c1Cl)N(C)C(=O)C[C@H](OC(=O)[C@H](C)N(C)C(=O)CCSSC[C@H](NC(=O)[C@@H]1CSSC[C@H](NC(=O)[C@H](N)Cc3ccccc3)C(=O)N[C@@H](Cc3ccc(O)cc3)C(O)N[C@H](Cc3c[nH]c4ccccc34)C(=O)N[C@@H](CCCCN)C(=O)N[C@@H]([C@@H](C)O)C(=O)N1)C(N)=O)[C@]1(C)O[C@H]1[C@H](C)[C@@H]1C[C@@](O)(NC(=O)O1)[C@H](OC)/C=C/C=C(\C)C2. The van der Waals surface area contributed by atoms with Crippen LogP contribution in [-0.2, 0) is 92.6 Å². The topological polar surface area (TPSA) is 515 Å². The number of ether oxygens (including phenoxy) is 5. The molecule has 18 atom stereocenters. The Hall–Kier alpha value is -9.16. The zero-order valence-corrected chi connectivity index (χ0v) is 73.3. The summed E-state index contributed by atoms with van der Waals surface area (Å²) in [6, 6.07) is 12.7. The second-order valence-electron chi connectivity index (χ2n) is 31.0. The summed E-state index contributed by atoms with van der Waals surface area (Å²) in [5.41, 5.74) is 19.4. The number of aromatic hydroxyl groups is 1. The predicted molar refractivity (Wildman–Crippen MR) is 466 cm³/mol. The molecule has 10 amide bonds. The van der Waals surface area contributed by atoms with Crippen LogP contribution in [-0.4, -0.2) is 256 Å². The molecule has 4 aromatic carbocycles.